The summed E-state index contributed by atoms with van der Waals surface area (Å²) in [6.07, 6.45) is 0.990. The molecule has 0 fully saturated rings. The van der Waals surface area contributed by atoms with Gasteiger partial charge in [-0.05, 0) is 32.1 Å². The SMILES string of the molecule is CCCN(C)CC(=O)c1ccc([N+](=O)[O-])cc1. The number of likely N-dealkylation sites (N-methyl/N-ethyl adjacent to an activating group) is 1. The summed E-state index contributed by atoms with van der Waals surface area (Å²) in [5, 5.41) is 10.5. The summed E-state index contributed by atoms with van der Waals surface area (Å²) in [6, 6.07) is 5.71. The maximum Gasteiger partial charge on any atom is 0.269 e. The monoisotopic (exact) mass is 236 g/mol. The molecule has 0 unspecified atom stereocenters. The van der Waals surface area contributed by atoms with Crippen LogP contribution in [0.1, 0.15) is 23.7 Å². The van der Waals surface area contributed by atoms with Crippen molar-refractivity contribution in [3.8, 4) is 0 Å². The fraction of sp³-hybridized carbons (Fsp3) is 0.417. The van der Waals surface area contributed by atoms with Crippen molar-refractivity contribution in [1.82, 2.24) is 4.90 Å². The highest BCUT2D eigenvalue weighted by Crippen LogP contribution is 2.12. The van der Waals surface area contributed by atoms with E-state index in [2.05, 4.69) is 0 Å². The molecule has 17 heavy (non-hydrogen) atoms. The second kappa shape index (κ2) is 6.10. The molecule has 0 aliphatic rings. The van der Waals surface area contributed by atoms with Gasteiger partial charge in [0.05, 0.1) is 11.5 Å². The molecule has 0 spiro atoms. The van der Waals surface area contributed by atoms with Crippen LogP contribution in [0.15, 0.2) is 24.3 Å². The fourth-order valence-corrected chi connectivity index (χ4v) is 1.57. The molecule has 92 valence electrons. The van der Waals surface area contributed by atoms with Crippen molar-refractivity contribution in [3.05, 3.63) is 39.9 Å². The summed E-state index contributed by atoms with van der Waals surface area (Å²) in [5.41, 5.74) is 0.516. The Morgan fingerprint density at radius 1 is 1.35 bits per heavy atom. The second-order valence-corrected chi connectivity index (χ2v) is 3.96. The molecule has 0 atom stereocenters. The van der Waals surface area contributed by atoms with Gasteiger partial charge in [-0.2, -0.15) is 0 Å². The molecule has 1 aromatic rings. The number of non-ortho nitro benzene ring substituents is 1. The molecule has 0 amide bonds. The molecule has 0 saturated heterocycles. The zero-order valence-electron chi connectivity index (χ0n) is 10.0. The summed E-state index contributed by atoms with van der Waals surface area (Å²) in [5.74, 6) is -0.0177. The van der Waals surface area contributed by atoms with E-state index in [1.807, 2.05) is 18.9 Å². The average molecular weight is 236 g/mol. The molecule has 0 aromatic heterocycles. The molecule has 0 heterocycles. The van der Waals surface area contributed by atoms with Crippen LogP contribution in [0.2, 0.25) is 0 Å². The zero-order chi connectivity index (χ0) is 12.8. The quantitative estimate of drug-likeness (QED) is 0.431. The van der Waals surface area contributed by atoms with Gasteiger partial charge in [0, 0.05) is 17.7 Å². The van der Waals surface area contributed by atoms with E-state index in [0.29, 0.717) is 12.1 Å². The average Bonchev–Trinajstić information content (AvgIpc) is 2.29. The molecule has 1 aromatic carbocycles. The van der Waals surface area contributed by atoms with Gasteiger partial charge in [-0.3, -0.25) is 19.8 Å². The Labute approximate surface area is 100 Å². The van der Waals surface area contributed by atoms with E-state index in [-0.39, 0.29) is 11.5 Å². The summed E-state index contributed by atoms with van der Waals surface area (Å²) >= 11 is 0. The lowest BCUT2D eigenvalue weighted by molar-refractivity contribution is -0.384. The maximum absolute atomic E-state index is 11.8. The third-order valence-corrected chi connectivity index (χ3v) is 2.42. The van der Waals surface area contributed by atoms with Gasteiger partial charge in [0.2, 0.25) is 0 Å². The molecule has 5 heteroatoms. The lowest BCUT2D eigenvalue weighted by Crippen LogP contribution is -2.26. The van der Waals surface area contributed by atoms with Crippen molar-refractivity contribution >= 4 is 11.5 Å². The van der Waals surface area contributed by atoms with Crippen LogP contribution in [0, 0.1) is 10.1 Å². The number of carbonyl (C=O) groups excluding carboxylic acids is 1. The van der Waals surface area contributed by atoms with E-state index in [1.165, 1.54) is 24.3 Å². The first kappa shape index (κ1) is 13.3. The van der Waals surface area contributed by atoms with E-state index < -0.39 is 4.92 Å². The van der Waals surface area contributed by atoms with E-state index in [0.717, 1.165) is 13.0 Å². The van der Waals surface area contributed by atoms with Crippen LogP contribution in [0.4, 0.5) is 5.69 Å². The molecule has 0 N–H and O–H groups in total. The molecule has 0 bridgehead atoms. The highest BCUT2D eigenvalue weighted by Gasteiger charge is 2.11. The Kier molecular flexibility index (Phi) is 4.78. The van der Waals surface area contributed by atoms with Gasteiger partial charge < -0.3 is 0 Å². The highest BCUT2D eigenvalue weighted by molar-refractivity contribution is 5.97. The number of nitrogens with zero attached hydrogens (tertiary/aromatic N) is 2. The zero-order valence-corrected chi connectivity index (χ0v) is 10.0. The van der Waals surface area contributed by atoms with Gasteiger partial charge in [-0.15, -0.1) is 0 Å². The largest absolute Gasteiger partial charge is 0.299 e. The molecule has 0 aliphatic heterocycles. The molecule has 0 aliphatic carbocycles. The highest BCUT2D eigenvalue weighted by atomic mass is 16.6. The third-order valence-electron chi connectivity index (χ3n) is 2.42. The van der Waals surface area contributed by atoms with Gasteiger partial charge in [0.25, 0.3) is 5.69 Å². The lowest BCUT2D eigenvalue weighted by Gasteiger charge is -2.13. The molecule has 0 radical (unpaired) electrons. The Bertz CT molecular complexity index is 401. The summed E-state index contributed by atoms with van der Waals surface area (Å²) < 4.78 is 0. The molecule has 1 rings (SSSR count). The number of Topliss-reactive ketones (excluding diaryl/α,β-unsaturated/α-hetero) is 1. The maximum atomic E-state index is 11.8. The molecular formula is C12H16N2O3. The summed E-state index contributed by atoms with van der Waals surface area (Å²) in [4.78, 5) is 23.7. The Balaban J connectivity index is 2.66. The molecule has 0 saturated carbocycles. The molecule has 5 nitrogen and oxygen atoms in total. The topological polar surface area (TPSA) is 63.5 Å². The number of ketones is 1. The lowest BCUT2D eigenvalue weighted by atomic mass is 10.1. The first-order valence-corrected chi connectivity index (χ1v) is 5.50. The first-order chi connectivity index (χ1) is 8.04. The Morgan fingerprint density at radius 3 is 2.41 bits per heavy atom. The van der Waals surface area contributed by atoms with Crippen molar-refractivity contribution < 1.29 is 9.72 Å². The van der Waals surface area contributed by atoms with Crippen molar-refractivity contribution in [2.75, 3.05) is 20.1 Å². The van der Waals surface area contributed by atoms with Gasteiger partial charge in [0.1, 0.15) is 0 Å². The van der Waals surface area contributed by atoms with Crippen LogP contribution in [0.25, 0.3) is 0 Å². The minimum absolute atomic E-state index is 0.00321. The van der Waals surface area contributed by atoms with E-state index in [4.69, 9.17) is 0 Å². The van der Waals surface area contributed by atoms with E-state index in [1.54, 1.807) is 0 Å². The van der Waals surface area contributed by atoms with Crippen LogP contribution >= 0.6 is 0 Å². The smallest absolute Gasteiger partial charge is 0.269 e. The number of nitro benzene ring substituents is 1. The fourth-order valence-electron chi connectivity index (χ4n) is 1.57. The Morgan fingerprint density at radius 2 is 1.94 bits per heavy atom. The number of hydrogen-bond donors (Lipinski definition) is 0. The number of hydrogen-bond acceptors (Lipinski definition) is 4. The molecular weight excluding hydrogens is 220 g/mol. The third kappa shape index (κ3) is 3.96. The summed E-state index contributed by atoms with van der Waals surface area (Å²) in [7, 11) is 1.88. The number of benzene rings is 1. The van der Waals surface area contributed by atoms with Crippen molar-refractivity contribution in [3.63, 3.8) is 0 Å². The summed E-state index contributed by atoms with van der Waals surface area (Å²) in [6.45, 7) is 3.25. The van der Waals surface area contributed by atoms with Gasteiger partial charge in [-0.25, -0.2) is 0 Å². The van der Waals surface area contributed by atoms with Crippen LogP contribution in [-0.4, -0.2) is 35.7 Å². The van der Waals surface area contributed by atoms with Crippen LogP contribution in [0.3, 0.4) is 0 Å². The predicted molar refractivity (Wildman–Crippen MR) is 65.2 cm³/mol. The second-order valence-electron chi connectivity index (χ2n) is 3.96. The van der Waals surface area contributed by atoms with Crippen molar-refractivity contribution in [2.45, 2.75) is 13.3 Å². The number of nitro groups is 1. The number of rotatable bonds is 6. The van der Waals surface area contributed by atoms with E-state index in [9.17, 15) is 14.9 Å². The minimum Gasteiger partial charge on any atom is -0.299 e. The van der Waals surface area contributed by atoms with Gasteiger partial charge in [0.15, 0.2) is 5.78 Å². The van der Waals surface area contributed by atoms with Crippen molar-refractivity contribution in [1.29, 1.82) is 0 Å². The first-order valence-electron chi connectivity index (χ1n) is 5.50. The minimum atomic E-state index is -0.475. The standard InChI is InChI=1S/C12H16N2O3/c1-3-8-13(2)9-12(15)10-4-6-11(7-5-10)14(16)17/h4-7H,3,8-9H2,1-2H3. The van der Waals surface area contributed by atoms with E-state index >= 15 is 0 Å². The van der Waals surface area contributed by atoms with Gasteiger partial charge >= 0.3 is 0 Å². The van der Waals surface area contributed by atoms with Crippen LogP contribution < -0.4 is 0 Å². The Hall–Kier alpha value is -1.75. The predicted octanol–water partition coefficient (Wildman–Crippen LogP) is 2.12. The van der Waals surface area contributed by atoms with Crippen molar-refractivity contribution in [2.24, 2.45) is 0 Å². The van der Waals surface area contributed by atoms with Crippen LogP contribution in [-0.2, 0) is 0 Å². The van der Waals surface area contributed by atoms with Crippen LogP contribution in [0.5, 0.6) is 0 Å². The normalized spacial score (nSPS) is 10.5. The number of carbonyl (C=O) groups is 1. The van der Waals surface area contributed by atoms with Gasteiger partial charge in [-0.1, -0.05) is 6.92 Å².